The number of benzene rings is 2. The first-order valence-electron chi connectivity index (χ1n) is 11.8. The summed E-state index contributed by atoms with van der Waals surface area (Å²) in [4.78, 5) is 41.1. The average Bonchev–Trinajstić information content (AvgIpc) is 3.56. The number of anilines is 2. The lowest BCUT2D eigenvalue weighted by Crippen LogP contribution is -2.46. The van der Waals surface area contributed by atoms with Gasteiger partial charge in [-0.1, -0.05) is 37.1 Å². The molecule has 3 amide bonds. The molecular weight excluding hydrogens is 494 g/mol. The lowest BCUT2D eigenvalue weighted by Gasteiger charge is -2.32. The Hall–Kier alpha value is -4.12. The van der Waals surface area contributed by atoms with E-state index in [0.717, 1.165) is 37.2 Å². The smallest absolute Gasteiger partial charge is 0.273 e. The van der Waals surface area contributed by atoms with Crippen LogP contribution in [-0.2, 0) is 4.79 Å². The van der Waals surface area contributed by atoms with Crippen LogP contribution in [0.4, 0.5) is 11.4 Å². The highest BCUT2D eigenvalue weighted by Crippen LogP contribution is 2.37. The molecular formula is C26H29N5O5S. The molecule has 10 nitrogen and oxygen atoms in total. The molecule has 1 aromatic heterocycles. The molecule has 0 aliphatic heterocycles. The molecule has 194 valence electrons. The zero-order valence-electron chi connectivity index (χ0n) is 20.6. The lowest BCUT2D eigenvalue weighted by atomic mass is 10.0. The molecule has 0 spiro atoms. The fourth-order valence-corrected chi connectivity index (χ4v) is 5.24. The fourth-order valence-electron chi connectivity index (χ4n) is 4.50. The van der Waals surface area contributed by atoms with Crippen LogP contribution in [0.1, 0.15) is 57.4 Å². The predicted octanol–water partition coefficient (Wildman–Crippen LogP) is 3.29. The Balaban J connectivity index is 1.87. The van der Waals surface area contributed by atoms with E-state index in [1.807, 2.05) is 6.07 Å². The van der Waals surface area contributed by atoms with E-state index in [9.17, 15) is 14.4 Å². The number of nitrogens with two attached hydrogens (primary N) is 2. The van der Waals surface area contributed by atoms with Gasteiger partial charge in [-0.25, -0.2) is 0 Å². The number of hydrogen-bond acceptors (Lipinski definition) is 8. The van der Waals surface area contributed by atoms with E-state index in [4.69, 9.17) is 20.9 Å². The van der Waals surface area contributed by atoms with Gasteiger partial charge in [0.25, 0.3) is 11.8 Å². The number of para-hydroxylation sites is 1. The average molecular weight is 524 g/mol. The van der Waals surface area contributed by atoms with E-state index in [2.05, 4.69) is 9.69 Å². The summed E-state index contributed by atoms with van der Waals surface area (Å²) in [6.07, 6.45) is 3.79. The Bertz CT molecular complexity index is 1290. The van der Waals surface area contributed by atoms with Crippen molar-refractivity contribution < 1.29 is 23.9 Å². The first kappa shape index (κ1) is 26.0. The van der Waals surface area contributed by atoms with Crippen molar-refractivity contribution in [3.8, 4) is 11.5 Å². The molecule has 1 fully saturated rings. The molecule has 4 rings (SSSR count). The molecule has 1 heterocycles. The second-order valence-corrected chi connectivity index (χ2v) is 9.43. The highest BCUT2D eigenvalue weighted by atomic mass is 32.1. The molecule has 5 N–H and O–H groups in total. The Morgan fingerprint density at radius 1 is 1.05 bits per heavy atom. The van der Waals surface area contributed by atoms with Gasteiger partial charge in [-0.2, -0.15) is 4.37 Å². The van der Waals surface area contributed by atoms with Crippen LogP contribution in [0.25, 0.3) is 0 Å². The number of primary amides is 1. The molecule has 3 aromatic rings. The number of hydrogen-bond donors (Lipinski definition) is 3. The number of carbonyl (C=O) groups is 3. The van der Waals surface area contributed by atoms with Crippen LogP contribution in [0.15, 0.2) is 48.5 Å². The zero-order chi connectivity index (χ0) is 26.5. The number of nitrogen functional groups attached to an aromatic ring is 1. The third-order valence-corrected chi connectivity index (χ3v) is 7.19. The van der Waals surface area contributed by atoms with E-state index < -0.39 is 17.9 Å². The van der Waals surface area contributed by atoms with Crippen molar-refractivity contribution in [2.75, 3.05) is 24.9 Å². The van der Waals surface area contributed by atoms with Crippen molar-refractivity contribution >= 4 is 40.6 Å². The molecule has 2 aromatic carbocycles. The predicted molar refractivity (Wildman–Crippen MR) is 141 cm³/mol. The standard InChI is InChI=1S/C26H29N5O5S/c1-35-18-13-12-15(14-19(18)36-2)22(25(33)29-16-8-6-7-9-16)31(17-10-4-3-5-11-17)26(34)23-20(27)21(24(28)32)30-37-23/h3-5,10-14,16,22H,6-9,27H2,1-2H3,(H2,28,32)(H,29,33). The maximum atomic E-state index is 14.1. The van der Waals surface area contributed by atoms with E-state index in [0.29, 0.717) is 22.7 Å². The molecule has 1 aliphatic rings. The molecule has 0 bridgehead atoms. The van der Waals surface area contributed by atoms with Gasteiger partial charge in [0, 0.05) is 11.7 Å². The van der Waals surface area contributed by atoms with E-state index in [1.165, 1.54) is 19.1 Å². The summed E-state index contributed by atoms with van der Waals surface area (Å²) < 4.78 is 14.8. The summed E-state index contributed by atoms with van der Waals surface area (Å²) in [7, 11) is 3.02. The van der Waals surface area contributed by atoms with Gasteiger partial charge in [0.1, 0.15) is 10.9 Å². The number of amides is 3. The van der Waals surface area contributed by atoms with Crippen molar-refractivity contribution in [2.45, 2.75) is 37.8 Å². The summed E-state index contributed by atoms with van der Waals surface area (Å²) in [6, 6.07) is 12.8. The van der Waals surface area contributed by atoms with Crippen LogP contribution in [-0.4, -0.2) is 42.4 Å². The summed E-state index contributed by atoms with van der Waals surface area (Å²) in [5.41, 5.74) is 12.2. The van der Waals surface area contributed by atoms with Crippen LogP contribution in [0.3, 0.4) is 0 Å². The van der Waals surface area contributed by atoms with Crippen LogP contribution in [0.2, 0.25) is 0 Å². The Kier molecular flexibility index (Phi) is 7.92. The fraction of sp³-hybridized carbons (Fsp3) is 0.308. The molecule has 11 heteroatoms. The second-order valence-electron chi connectivity index (χ2n) is 8.66. The normalized spacial score (nSPS) is 14.1. The lowest BCUT2D eigenvalue weighted by molar-refractivity contribution is -0.123. The van der Waals surface area contributed by atoms with E-state index in [-0.39, 0.29) is 28.2 Å². The van der Waals surface area contributed by atoms with Crippen LogP contribution < -0.4 is 31.2 Å². The Morgan fingerprint density at radius 2 is 1.73 bits per heavy atom. The van der Waals surface area contributed by atoms with Crippen LogP contribution >= 0.6 is 11.5 Å². The van der Waals surface area contributed by atoms with Crippen LogP contribution in [0.5, 0.6) is 11.5 Å². The van der Waals surface area contributed by atoms with Gasteiger partial charge in [0.15, 0.2) is 17.2 Å². The second kappa shape index (κ2) is 11.3. The van der Waals surface area contributed by atoms with Gasteiger partial charge in [-0.3, -0.25) is 19.3 Å². The van der Waals surface area contributed by atoms with Gasteiger partial charge in [-0.15, -0.1) is 0 Å². The molecule has 1 unspecified atom stereocenters. The van der Waals surface area contributed by atoms with Crippen molar-refractivity contribution in [3.05, 3.63) is 64.7 Å². The molecule has 1 atom stereocenters. The topological polar surface area (TPSA) is 150 Å². The SMILES string of the molecule is COc1ccc(C(C(=O)NC2CCCC2)N(C(=O)c2snc(C(N)=O)c2N)c2ccccc2)cc1OC. The maximum absolute atomic E-state index is 14.1. The van der Waals surface area contributed by atoms with E-state index in [1.54, 1.807) is 42.5 Å². The minimum Gasteiger partial charge on any atom is -0.493 e. The number of rotatable bonds is 9. The summed E-state index contributed by atoms with van der Waals surface area (Å²) in [5, 5.41) is 3.12. The monoisotopic (exact) mass is 523 g/mol. The van der Waals surface area contributed by atoms with Crippen molar-refractivity contribution in [1.29, 1.82) is 0 Å². The summed E-state index contributed by atoms with van der Waals surface area (Å²) in [5.74, 6) is -0.886. The van der Waals surface area contributed by atoms with Crippen molar-refractivity contribution in [2.24, 2.45) is 5.73 Å². The first-order valence-corrected chi connectivity index (χ1v) is 12.6. The number of methoxy groups -OCH3 is 2. The summed E-state index contributed by atoms with van der Waals surface area (Å²) in [6.45, 7) is 0. The highest BCUT2D eigenvalue weighted by molar-refractivity contribution is 7.09. The Labute approximate surface area is 218 Å². The van der Waals surface area contributed by atoms with Gasteiger partial charge in [0.05, 0.1) is 19.9 Å². The third-order valence-electron chi connectivity index (χ3n) is 6.34. The molecule has 0 radical (unpaired) electrons. The maximum Gasteiger partial charge on any atom is 0.273 e. The minimum absolute atomic E-state index is 0.0109. The number of nitrogens with one attached hydrogen (secondary N) is 1. The first-order chi connectivity index (χ1) is 17.8. The molecule has 37 heavy (non-hydrogen) atoms. The van der Waals surface area contributed by atoms with Crippen molar-refractivity contribution in [3.63, 3.8) is 0 Å². The number of nitrogens with zero attached hydrogens (tertiary/aromatic N) is 2. The van der Waals surface area contributed by atoms with E-state index >= 15 is 0 Å². The zero-order valence-corrected chi connectivity index (χ0v) is 21.4. The number of carbonyl (C=O) groups excluding carboxylic acids is 3. The number of ether oxygens (including phenoxy) is 2. The molecule has 1 saturated carbocycles. The highest BCUT2D eigenvalue weighted by Gasteiger charge is 2.37. The Morgan fingerprint density at radius 3 is 2.32 bits per heavy atom. The van der Waals surface area contributed by atoms with Crippen LogP contribution in [0, 0.1) is 0 Å². The minimum atomic E-state index is -1.09. The van der Waals surface area contributed by atoms with Crippen molar-refractivity contribution in [1.82, 2.24) is 9.69 Å². The summed E-state index contributed by atoms with van der Waals surface area (Å²) >= 11 is 0.763. The molecule has 0 saturated heterocycles. The quantitative estimate of drug-likeness (QED) is 0.389. The van der Waals surface area contributed by atoms with Gasteiger partial charge in [0.2, 0.25) is 5.91 Å². The van der Waals surface area contributed by atoms with Gasteiger partial charge < -0.3 is 26.3 Å². The van der Waals surface area contributed by atoms with Gasteiger partial charge in [-0.05, 0) is 54.2 Å². The van der Waals surface area contributed by atoms with Gasteiger partial charge >= 0.3 is 0 Å². The molecule has 1 aliphatic carbocycles. The number of aromatic nitrogens is 1. The third kappa shape index (κ3) is 5.36. The largest absolute Gasteiger partial charge is 0.493 e.